The van der Waals surface area contributed by atoms with Gasteiger partial charge in [0.2, 0.25) is 0 Å². The molecule has 128 valence electrons. The Morgan fingerprint density at radius 2 is 1.78 bits per heavy atom. The van der Waals surface area contributed by atoms with Crippen LogP contribution >= 0.6 is 0 Å². The number of hydrogen-bond acceptors (Lipinski definition) is 7. The van der Waals surface area contributed by atoms with Gasteiger partial charge in [0.05, 0.1) is 18.1 Å². The fourth-order valence-electron chi connectivity index (χ4n) is 2.80. The number of phenols is 1. The van der Waals surface area contributed by atoms with Crippen LogP contribution in [0.1, 0.15) is 12.0 Å². The van der Waals surface area contributed by atoms with Crippen molar-refractivity contribution in [2.24, 2.45) is 5.92 Å². The predicted molar refractivity (Wildman–Crippen MR) is 79.6 cm³/mol. The van der Waals surface area contributed by atoms with Gasteiger partial charge in [-0.15, -0.1) is 0 Å². The van der Waals surface area contributed by atoms with Crippen molar-refractivity contribution >= 4 is 5.97 Å². The van der Waals surface area contributed by atoms with Crippen molar-refractivity contribution in [3.05, 3.63) is 29.8 Å². The molecule has 1 aliphatic rings. The fraction of sp³-hybridized carbons (Fsp3) is 0.562. The van der Waals surface area contributed by atoms with Crippen LogP contribution in [0.3, 0.4) is 0 Å². The number of aliphatic hydroxyl groups excluding tert-OH is 2. The second-order valence-electron chi connectivity index (χ2n) is 5.57. The van der Waals surface area contributed by atoms with Crippen molar-refractivity contribution in [2.45, 2.75) is 37.4 Å². The average Bonchev–Trinajstić information content (AvgIpc) is 2.56. The molecule has 5 atom stereocenters. The quantitative estimate of drug-likeness (QED) is 0.664. The largest absolute Gasteiger partial charge is 0.508 e. The summed E-state index contributed by atoms with van der Waals surface area (Å²) in [6, 6.07) is 6.30. The maximum absolute atomic E-state index is 12.3. The van der Waals surface area contributed by atoms with E-state index in [1.165, 1.54) is 26.4 Å². The number of benzene rings is 1. The second-order valence-corrected chi connectivity index (χ2v) is 5.57. The van der Waals surface area contributed by atoms with Crippen LogP contribution in [0.15, 0.2) is 24.3 Å². The minimum Gasteiger partial charge on any atom is -0.508 e. The first-order valence-corrected chi connectivity index (χ1v) is 7.34. The third-order valence-electron chi connectivity index (χ3n) is 4.15. The molecule has 1 saturated carbocycles. The molecular weight excluding hydrogens is 304 g/mol. The Balaban J connectivity index is 2.02. The lowest BCUT2D eigenvalue weighted by Crippen LogP contribution is -2.56. The Kier molecular flexibility index (Phi) is 5.95. The van der Waals surface area contributed by atoms with Gasteiger partial charge in [0, 0.05) is 14.2 Å². The number of carbonyl (C=O) groups is 1. The first kappa shape index (κ1) is 17.7. The van der Waals surface area contributed by atoms with Crippen molar-refractivity contribution < 1.29 is 34.3 Å². The van der Waals surface area contributed by atoms with Crippen LogP contribution in [0.4, 0.5) is 0 Å². The van der Waals surface area contributed by atoms with Gasteiger partial charge in [-0.25, -0.2) is 0 Å². The highest BCUT2D eigenvalue weighted by Gasteiger charge is 2.47. The first-order valence-electron chi connectivity index (χ1n) is 7.34. The van der Waals surface area contributed by atoms with Crippen LogP contribution in [0.5, 0.6) is 5.75 Å². The third kappa shape index (κ3) is 4.00. The third-order valence-corrected chi connectivity index (χ3v) is 4.15. The van der Waals surface area contributed by atoms with Gasteiger partial charge >= 0.3 is 5.97 Å². The van der Waals surface area contributed by atoms with E-state index in [0.717, 1.165) is 5.56 Å². The summed E-state index contributed by atoms with van der Waals surface area (Å²) >= 11 is 0. The zero-order valence-electron chi connectivity index (χ0n) is 13.1. The van der Waals surface area contributed by atoms with Crippen molar-refractivity contribution in [3.8, 4) is 5.75 Å². The van der Waals surface area contributed by atoms with Crippen LogP contribution in [0, 0.1) is 5.92 Å². The first-order chi connectivity index (χ1) is 11.0. The number of rotatable bonds is 5. The molecule has 1 fully saturated rings. The van der Waals surface area contributed by atoms with Gasteiger partial charge in [-0.2, -0.15) is 0 Å². The number of aromatic hydroxyl groups is 1. The van der Waals surface area contributed by atoms with Crippen LogP contribution in [0.25, 0.3) is 0 Å². The number of aliphatic hydroxyl groups is 2. The smallest absolute Gasteiger partial charge is 0.312 e. The van der Waals surface area contributed by atoms with Gasteiger partial charge < -0.3 is 29.5 Å². The molecule has 7 nitrogen and oxygen atoms in total. The molecule has 0 bridgehead atoms. The molecule has 0 saturated heterocycles. The molecule has 7 heteroatoms. The zero-order chi connectivity index (χ0) is 17.0. The molecule has 3 N–H and O–H groups in total. The monoisotopic (exact) mass is 326 g/mol. The summed E-state index contributed by atoms with van der Waals surface area (Å²) in [4.78, 5) is 12.3. The topological polar surface area (TPSA) is 105 Å². The summed E-state index contributed by atoms with van der Waals surface area (Å²) in [5.74, 6) is -1.13. The molecule has 1 aromatic carbocycles. The minimum atomic E-state index is -1.23. The molecule has 1 aliphatic carbocycles. The number of ether oxygens (including phenoxy) is 3. The number of hydrogen-bond donors (Lipinski definition) is 3. The fourth-order valence-corrected chi connectivity index (χ4v) is 2.80. The maximum atomic E-state index is 12.3. The Labute approximate surface area is 134 Å². The molecule has 1 aromatic rings. The van der Waals surface area contributed by atoms with Crippen LogP contribution in [0.2, 0.25) is 0 Å². The van der Waals surface area contributed by atoms with Gasteiger partial charge in [0.15, 0.2) is 0 Å². The molecule has 2 rings (SSSR count). The maximum Gasteiger partial charge on any atom is 0.312 e. The molecule has 0 heterocycles. The molecule has 23 heavy (non-hydrogen) atoms. The normalized spacial score (nSPS) is 30.9. The molecular formula is C16H22O7. The van der Waals surface area contributed by atoms with Crippen LogP contribution < -0.4 is 0 Å². The summed E-state index contributed by atoms with van der Waals surface area (Å²) in [6.07, 6.45) is -3.68. The number of phenolic OH excluding ortho intramolecular Hbond substituents is 1. The van der Waals surface area contributed by atoms with Crippen molar-refractivity contribution in [3.63, 3.8) is 0 Å². The summed E-state index contributed by atoms with van der Waals surface area (Å²) in [6.45, 7) is 0.0440. The van der Waals surface area contributed by atoms with E-state index in [1.807, 2.05) is 0 Å². The van der Waals surface area contributed by atoms with Gasteiger partial charge in [-0.1, -0.05) is 12.1 Å². The predicted octanol–water partition coefficient (Wildman–Crippen LogP) is 0.207. The van der Waals surface area contributed by atoms with Gasteiger partial charge in [-0.3, -0.25) is 4.79 Å². The van der Waals surface area contributed by atoms with Crippen LogP contribution in [-0.2, 0) is 25.6 Å². The Morgan fingerprint density at radius 1 is 1.13 bits per heavy atom. The van der Waals surface area contributed by atoms with Crippen molar-refractivity contribution in [2.75, 3.05) is 14.2 Å². The average molecular weight is 326 g/mol. The van der Waals surface area contributed by atoms with Gasteiger partial charge in [0.25, 0.3) is 0 Å². The van der Waals surface area contributed by atoms with Crippen molar-refractivity contribution in [1.82, 2.24) is 0 Å². The highest BCUT2D eigenvalue weighted by atomic mass is 16.5. The Bertz CT molecular complexity index is 516. The Hall–Kier alpha value is -1.67. The number of esters is 1. The molecule has 0 amide bonds. The van der Waals surface area contributed by atoms with Gasteiger partial charge in [0.1, 0.15) is 24.6 Å². The van der Waals surface area contributed by atoms with E-state index in [4.69, 9.17) is 14.2 Å². The lowest BCUT2D eigenvalue weighted by Gasteiger charge is -2.40. The molecule has 1 unspecified atom stereocenters. The summed E-state index contributed by atoms with van der Waals surface area (Å²) < 4.78 is 15.6. The van der Waals surface area contributed by atoms with E-state index in [-0.39, 0.29) is 18.8 Å². The highest BCUT2D eigenvalue weighted by molar-refractivity contribution is 5.73. The second kappa shape index (κ2) is 7.74. The molecule has 0 radical (unpaired) electrons. The molecule has 0 aliphatic heterocycles. The highest BCUT2D eigenvalue weighted by Crippen LogP contribution is 2.30. The van der Waals surface area contributed by atoms with E-state index in [9.17, 15) is 20.1 Å². The lowest BCUT2D eigenvalue weighted by atomic mass is 9.80. The van der Waals surface area contributed by atoms with Gasteiger partial charge in [-0.05, 0) is 24.1 Å². The van der Waals surface area contributed by atoms with E-state index in [1.54, 1.807) is 12.1 Å². The van der Waals surface area contributed by atoms with E-state index in [2.05, 4.69) is 0 Å². The van der Waals surface area contributed by atoms with E-state index >= 15 is 0 Å². The molecule has 0 aromatic heterocycles. The lowest BCUT2D eigenvalue weighted by molar-refractivity contribution is -0.192. The Morgan fingerprint density at radius 3 is 2.35 bits per heavy atom. The summed E-state index contributed by atoms with van der Waals surface area (Å²) in [5.41, 5.74) is 0.727. The summed E-state index contributed by atoms with van der Waals surface area (Å²) in [7, 11) is 2.78. The van der Waals surface area contributed by atoms with Crippen molar-refractivity contribution in [1.29, 1.82) is 0 Å². The summed E-state index contributed by atoms with van der Waals surface area (Å²) in [5, 5.41) is 29.3. The number of methoxy groups -OCH3 is 2. The van der Waals surface area contributed by atoms with Crippen LogP contribution in [-0.4, -0.2) is 59.9 Å². The van der Waals surface area contributed by atoms with E-state index in [0.29, 0.717) is 0 Å². The standard InChI is InChI=1S/C16H22O7/c1-21-12-7-11(15(22-2)14(19)13(12)18)16(20)23-8-9-3-5-10(17)6-4-9/h3-6,11-15,17-19H,7-8H2,1-2H3/t11?,12-,13-,14-,15-/m1/s1. The zero-order valence-corrected chi connectivity index (χ0v) is 13.1. The molecule has 0 spiro atoms. The number of carbonyl (C=O) groups excluding carboxylic acids is 1. The SMILES string of the molecule is CO[C@@H]1C(C(=O)OCc2ccc(O)cc2)C[C@@H](OC)[C@@H](O)[C@H]1O. The minimum absolute atomic E-state index is 0.0440. The van der Waals surface area contributed by atoms with E-state index < -0.39 is 36.3 Å².